The van der Waals surface area contributed by atoms with E-state index in [0.29, 0.717) is 6.61 Å². The topological polar surface area (TPSA) is 60.5 Å². The number of nitrogens with zero attached hydrogens (tertiary/aromatic N) is 8. The molecular formula is C79H79FN8O3S+4. The average Bonchev–Trinajstić information content (AvgIpc) is 0.857. The standard InChI is InChI=1S/C23H21N2O.C22H21N2S.C18H21N2O2.C16H16FN2/c1-17-13-19(23(26)18-9-5-3-6-10-18)14-20-15-25(16-24(2)22(17)20)21-11-7-4-8-12-21;1-17-13-21(25-20-11-7-4-8-12-20)14-18-15-24(16-23(2)22(17)18)19-9-5-3-6-10-19;1-14-9-15(12-22-21-3)10-16-11-20(13-19(2)18(14)16)17-7-5-4-6-8-17;1-12-8-14(17)9-13-10-19(11-18(2)16(12)13)15-6-4-3-5-7-15/h3-15H,16H2,1-2H3;3-15H,16H2,1-2H3;4-11H,12-13H2,1-3H3;3-10H,11H2,1-2H3/q4*+1. The Labute approximate surface area is 545 Å². The van der Waals surface area contributed by atoms with Crippen LogP contribution in [0, 0.1) is 33.5 Å². The fraction of sp³-hybridized carbons (Fsp3) is 0.177. The molecular weight excluding hydrogens is 1160 g/mol. The second kappa shape index (κ2) is 29.3. The fourth-order valence-corrected chi connectivity index (χ4v) is 13.6. The summed E-state index contributed by atoms with van der Waals surface area (Å²) in [6.07, 6.45) is 8.63. The van der Waals surface area contributed by atoms with Gasteiger partial charge in [-0.05, 0) is 110 Å². The Bertz CT molecular complexity index is 4380. The summed E-state index contributed by atoms with van der Waals surface area (Å²) < 4.78 is 22.4. The van der Waals surface area contributed by atoms with E-state index in [1.54, 1.807) is 12.1 Å². The van der Waals surface area contributed by atoms with E-state index in [1.165, 1.54) is 67.6 Å². The number of para-hydroxylation sites is 4. The van der Waals surface area contributed by atoms with Gasteiger partial charge in [0.1, 0.15) is 12.4 Å². The van der Waals surface area contributed by atoms with Crippen LogP contribution >= 0.6 is 11.8 Å². The smallest absolute Gasteiger partial charge is 0.224 e. The molecule has 0 saturated carbocycles. The molecule has 4 heterocycles. The van der Waals surface area contributed by atoms with E-state index in [4.69, 9.17) is 9.78 Å². The van der Waals surface area contributed by atoms with Crippen LogP contribution in [0.2, 0.25) is 0 Å². The van der Waals surface area contributed by atoms with Crippen molar-refractivity contribution in [2.24, 2.45) is 0 Å². The maximum absolute atomic E-state index is 13.6. The first-order chi connectivity index (χ1) is 44.7. The van der Waals surface area contributed by atoms with Gasteiger partial charge < -0.3 is 19.6 Å². The minimum Gasteiger partial charge on any atom is -0.319 e. The molecule has 10 aromatic rings. The number of rotatable bonds is 11. The summed E-state index contributed by atoms with van der Waals surface area (Å²) in [6, 6.07) is 77.5. The number of ketones is 1. The van der Waals surface area contributed by atoms with Crippen LogP contribution in [0.25, 0.3) is 0 Å². The highest BCUT2D eigenvalue weighted by molar-refractivity contribution is 7.99. The minimum absolute atomic E-state index is 0.0596. The van der Waals surface area contributed by atoms with Crippen molar-refractivity contribution in [2.75, 3.05) is 81.6 Å². The molecule has 4 aliphatic heterocycles. The Morgan fingerprint density at radius 2 is 0.750 bits per heavy atom. The van der Waals surface area contributed by atoms with Gasteiger partial charge in [0.25, 0.3) is 0 Å². The van der Waals surface area contributed by atoms with Crippen LogP contribution in [0.15, 0.2) is 240 Å². The van der Waals surface area contributed by atoms with Gasteiger partial charge in [-0.3, -0.25) is 4.79 Å². The van der Waals surface area contributed by atoms with E-state index < -0.39 is 0 Å². The lowest BCUT2D eigenvalue weighted by Crippen LogP contribution is -2.33. The highest BCUT2D eigenvalue weighted by Crippen LogP contribution is 2.37. The van der Waals surface area contributed by atoms with E-state index in [0.717, 1.165) is 82.7 Å². The molecule has 10 aromatic carbocycles. The molecule has 0 unspecified atom stereocenters. The predicted molar refractivity (Wildman–Crippen MR) is 376 cm³/mol. The predicted octanol–water partition coefficient (Wildman–Crippen LogP) is 16.3. The van der Waals surface area contributed by atoms with Crippen LogP contribution in [0.4, 0.5) is 49.9 Å². The van der Waals surface area contributed by atoms with Gasteiger partial charge >= 0.3 is 0 Å². The summed E-state index contributed by atoms with van der Waals surface area (Å²) in [5.41, 5.74) is 21.2. The Morgan fingerprint density at radius 1 is 0.402 bits per heavy atom. The van der Waals surface area contributed by atoms with E-state index in [-0.39, 0.29) is 11.6 Å². The third kappa shape index (κ3) is 15.1. The first-order valence-corrected chi connectivity index (χ1v) is 31.7. The molecule has 462 valence electrons. The zero-order valence-corrected chi connectivity index (χ0v) is 54.7. The lowest BCUT2D eigenvalue weighted by Gasteiger charge is -2.25. The van der Waals surface area contributed by atoms with Crippen LogP contribution in [0.1, 0.15) is 66.0 Å². The van der Waals surface area contributed by atoms with Crippen LogP contribution in [0.5, 0.6) is 0 Å². The second-order valence-corrected chi connectivity index (χ2v) is 24.7. The highest BCUT2D eigenvalue weighted by atomic mass is 32.2. The molecule has 0 fully saturated rings. The zero-order valence-electron chi connectivity index (χ0n) is 53.9. The molecule has 0 spiro atoms. The molecule has 0 amide bonds. The summed E-state index contributed by atoms with van der Waals surface area (Å²) in [6.45, 7) is 12.1. The van der Waals surface area contributed by atoms with Crippen molar-refractivity contribution in [3.05, 3.63) is 298 Å². The van der Waals surface area contributed by atoms with E-state index in [9.17, 15) is 9.18 Å². The molecule has 92 heavy (non-hydrogen) atoms. The Morgan fingerprint density at radius 3 is 1.17 bits per heavy atom. The zero-order chi connectivity index (χ0) is 64.3. The number of hydrogen-bond donors (Lipinski definition) is 0. The highest BCUT2D eigenvalue weighted by Gasteiger charge is 2.29. The maximum atomic E-state index is 13.6. The second-order valence-electron chi connectivity index (χ2n) is 23.6. The number of aryl methyl sites for hydroxylation is 4. The number of fused-ring (bicyclic) bond motifs is 4. The van der Waals surface area contributed by atoms with Crippen LogP contribution in [0.3, 0.4) is 0 Å². The molecule has 0 saturated heterocycles. The van der Waals surface area contributed by atoms with Crippen LogP contribution in [-0.2, 0) is 16.4 Å². The van der Waals surface area contributed by atoms with Crippen molar-refractivity contribution in [3.63, 3.8) is 0 Å². The molecule has 0 N–H and O–H groups in total. The van der Waals surface area contributed by atoms with Crippen molar-refractivity contribution in [2.45, 2.75) is 44.1 Å². The van der Waals surface area contributed by atoms with E-state index >= 15 is 0 Å². The van der Waals surface area contributed by atoms with Gasteiger partial charge in [-0.1, -0.05) is 139 Å². The molecule has 0 aliphatic carbocycles. The van der Waals surface area contributed by atoms with Crippen molar-refractivity contribution >= 4 is 87.9 Å². The quantitative estimate of drug-likeness (QED) is 0.0549. The van der Waals surface area contributed by atoms with Gasteiger partial charge in [0, 0.05) is 97.6 Å². The van der Waals surface area contributed by atoms with Gasteiger partial charge in [-0.25, -0.2) is 14.2 Å². The third-order valence-corrected chi connectivity index (χ3v) is 17.4. The fourth-order valence-electron chi connectivity index (χ4n) is 12.6. The van der Waals surface area contributed by atoms with Crippen molar-refractivity contribution in [1.29, 1.82) is 0 Å². The molecule has 14 rings (SSSR count). The minimum atomic E-state index is -0.184. The summed E-state index contributed by atoms with van der Waals surface area (Å²) >= 11 is 1.82. The normalized spacial score (nSPS) is 13.5. The number of hydrogen-bond acceptors (Lipinski definition) is 8. The summed E-state index contributed by atoms with van der Waals surface area (Å²) in [4.78, 5) is 34.2. The average molecular weight is 1240 g/mol. The summed E-state index contributed by atoms with van der Waals surface area (Å²) in [5, 5.41) is 0. The molecule has 0 atom stereocenters. The lowest BCUT2D eigenvalue weighted by molar-refractivity contribution is -0.435. The number of anilines is 4. The molecule has 4 aliphatic rings. The third-order valence-electron chi connectivity index (χ3n) is 16.5. The van der Waals surface area contributed by atoms with Crippen molar-refractivity contribution < 1.29 is 37.3 Å². The summed E-state index contributed by atoms with van der Waals surface area (Å²) in [5.74, 6) is -0.125. The van der Waals surface area contributed by atoms with Crippen molar-refractivity contribution in [1.82, 2.24) is 0 Å². The number of carbonyl (C=O) groups excluding carboxylic acids is 1. The van der Waals surface area contributed by atoms with Gasteiger partial charge in [-0.15, -0.1) is 0 Å². The Kier molecular flexibility index (Phi) is 20.2. The number of halogens is 1. The Hall–Kier alpha value is -10.1. The van der Waals surface area contributed by atoms with Gasteiger partial charge in [0.15, 0.2) is 30.6 Å². The lowest BCUT2D eigenvalue weighted by atomic mass is 9.96. The molecule has 0 bridgehead atoms. The molecule has 0 aromatic heterocycles. The van der Waals surface area contributed by atoms with Crippen molar-refractivity contribution in [3.8, 4) is 0 Å². The number of carbonyl (C=O) groups is 1. The summed E-state index contributed by atoms with van der Waals surface area (Å²) in [7, 11) is 9.95. The SMILES string of the molecule is COOCc1cc(C)c2c(c1)C=[N+](c1ccccc1)CN2C.Cc1cc(C(=O)c2ccccc2)cc2c1N(C)C[N+](c1ccccc1)=C2.Cc1cc(F)cc2c1N(C)C[N+](c1ccccc1)=C2.Cc1cc(Sc2ccccc2)cc2c1N(C)C[N+](c1ccccc1)=C2. The molecule has 13 heteroatoms. The van der Waals surface area contributed by atoms with E-state index in [2.05, 4.69) is 232 Å². The largest absolute Gasteiger partial charge is 0.319 e. The molecule has 11 nitrogen and oxygen atoms in total. The van der Waals surface area contributed by atoms with Crippen LogP contribution < -0.4 is 19.6 Å². The number of benzene rings is 10. The molecule has 0 radical (unpaired) electrons. The van der Waals surface area contributed by atoms with Gasteiger partial charge in [-0.2, -0.15) is 18.3 Å². The first kappa shape index (κ1) is 63.5. The Balaban J connectivity index is 0.000000126. The van der Waals surface area contributed by atoms with E-state index in [1.807, 2.05) is 117 Å². The van der Waals surface area contributed by atoms with Gasteiger partial charge in [0.2, 0.25) is 49.4 Å². The monoisotopic (exact) mass is 1240 g/mol. The van der Waals surface area contributed by atoms with Gasteiger partial charge in [0.05, 0.1) is 52.1 Å². The maximum Gasteiger partial charge on any atom is 0.224 e. The van der Waals surface area contributed by atoms with Crippen LogP contribution in [-0.4, -0.2) is 111 Å². The first-order valence-electron chi connectivity index (χ1n) is 30.9.